The number of hydrogen-bond acceptors (Lipinski definition) is 9. The fourth-order valence-electron chi connectivity index (χ4n) is 3.45. The molecule has 2 saturated heterocycles. The minimum atomic E-state index is -5.08. The molecule has 0 spiro atoms. The molecule has 0 aromatic carbocycles. The van der Waals surface area contributed by atoms with Crippen molar-refractivity contribution in [2.75, 3.05) is 44.2 Å². The number of carbonyl (C=O) groups is 2. The Balaban J connectivity index is 0.000000301. The molecule has 0 saturated carbocycles. The van der Waals surface area contributed by atoms with Crippen LogP contribution < -0.4 is 10.2 Å². The van der Waals surface area contributed by atoms with E-state index in [0.717, 1.165) is 70.3 Å². The van der Waals surface area contributed by atoms with Gasteiger partial charge in [0.2, 0.25) is 5.95 Å². The molecule has 2 aliphatic rings. The number of rotatable bonds is 4. The van der Waals surface area contributed by atoms with E-state index in [1.54, 1.807) is 12.4 Å². The maximum atomic E-state index is 10.6. The van der Waals surface area contributed by atoms with Crippen molar-refractivity contribution in [3.05, 3.63) is 30.4 Å². The van der Waals surface area contributed by atoms with Crippen molar-refractivity contribution in [2.24, 2.45) is 0 Å². The van der Waals surface area contributed by atoms with Crippen molar-refractivity contribution in [1.82, 2.24) is 35.2 Å². The number of alkyl halides is 6. The van der Waals surface area contributed by atoms with Crippen LogP contribution in [-0.2, 0) is 16.1 Å². The van der Waals surface area contributed by atoms with Crippen LogP contribution in [0, 0.1) is 0 Å². The molecule has 3 N–H and O–H groups in total. The highest BCUT2D eigenvalue weighted by molar-refractivity contribution is 5.73. The van der Waals surface area contributed by atoms with Crippen LogP contribution in [0.2, 0.25) is 0 Å². The summed E-state index contributed by atoms with van der Waals surface area (Å²) in [4.78, 5) is 31.1. The minimum Gasteiger partial charge on any atom is -0.475 e. The monoisotopic (exact) mass is 556 g/mol. The molecule has 0 atom stereocenters. The van der Waals surface area contributed by atoms with Gasteiger partial charge < -0.3 is 20.4 Å². The molecule has 0 aliphatic carbocycles. The summed E-state index contributed by atoms with van der Waals surface area (Å²) in [6.07, 6.45) is -2.34. The number of halogens is 6. The van der Waals surface area contributed by atoms with Gasteiger partial charge in [0.15, 0.2) is 0 Å². The Morgan fingerprint density at radius 2 is 1.42 bits per heavy atom. The number of anilines is 1. The van der Waals surface area contributed by atoms with E-state index >= 15 is 0 Å². The lowest BCUT2D eigenvalue weighted by Crippen LogP contribution is -2.42. The zero-order chi connectivity index (χ0) is 28.3. The van der Waals surface area contributed by atoms with Crippen LogP contribution in [0.1, 0.15) is 24.6 Å². The predicted molar refractivity (Wildman–Crippen MR) is 118 cm³/mol. The molecule has 18 heteroatoms. The van der Waals surface area contributed by atoms with Crippen LogP contribution in [0.5, 0.6) is 0 Å². The van der Waals surface area contributed by atoms with Crippen molar-refractivity contribution in [3.8, 4) is 0 Å². The smallest absolute Gasteiger partial charge is 0.475 e. The van der Waals surface area contributed by atoms with E-state index in [1.165, 1.54) is 0 Å². The quantitative estimate of drug-likeness (QED) is 0.471. The first-order chi connectivity index (χ1) is 17.8. The van der Waals surface area contributed by atoms with E-state index in [-0.39, 0.29) is 0 Å². The first-order valence-electron chi connectivity index (χ1n) is 11.2. The standard InChI is InChI=1S/C16H24N8.2C2HF3O2/c1-4-18-16(19-5-1)23-8-2-15(3-9-23)24-13-14(20-21-24)12-22-10-6-17-7-11-22;2*3-2(4,5)1(6)7/h1,4-5,13,15,17H,2-3,6-12H2;2*(H,6,7). The molecule has 38 heavy (non-hydrogen) atoms. The van der Waals surface area contributed by atoms with Crippen LogP contribution in [-0.4, -0.2) is 104 Å². The molecule has 0 unspecified atom stereocenters. The summed E-state index contributed by atoms with van der Waals surface area (Å²) in [6.45, 7) is 7.12. The van der Waals surface area contributed by atoms with E-state index < -0.39 is 24.3 Å². The van der Waals surface area contributed by atoms with Crippen LogP contribution >= 0.6 is 0 Å². The Morgan fingerprint density at radius 1 is 0.921 bits per heavy atom. The lowest BCUT2D eigenvalue weighted by atomic mass is 10.1. The van der Waals surface area contributed by atoms with E-state index in [0.29, 0.717) is 6.04 Å². The highest BCUT2D eigenvalue weighted by Gasteiger charge is 2.38. The van der Waals surface area contributed by atoms with Crippen molar-refractivity contribution in [1.29, 1.82) is 0 Å². The van der Waals surface area contributed by atoms with Gasteiger partial charge >= 0.3 is 24.3 Å². The Kier molecular flexibility index (Phi) is 11.2. The average Bonchev–Trinajstić information content (AvgIpc) is 3.33. The molecule has 0 bridgehead atoms. The summed E-state index contributed by atoms with van der Waals surface area (Å²) in [5.74, 6) is -4.69. The van der Waals surface area contributed by atoms with Crippen LogP contribution in [0.3, 0.4) is 0 Å². The predicted octanol–water partition coefficient (Wildman–Crippen LogP) is 1.58. The van der Waals surface area contributed by atoms with Crippen molar-refractivity contribution in [3.63, 3.8) is 0 Å². The summed E-state index contributed by atoms with van der Waals surface area (Å²) in [7, 11) is 0. The number of carboxylic acid groups (broad SMARTS) is 2. The Labute approximate surface area is 212 Å². The molecule has 4 heterocycles. The molecule has 4 rings (SSSR count). The molecule has 2 fully saturated rings. The Morgan fingerprint density at radius 3 is 1.89 bits per heavy atom. The van der Waals surface area contributed by atoms with Gasteiger partial charge in [0.05, 0.1) is 17.9 Å². The second-order valence-electron chi connectivity index (χ2n) is 8.09. The van der Waals surface area contributed by atoms with Crippen LogP contribution in [0.4, 0.5) is 32.3 Å². The molecule has 212 valence electrons. The Bertz CT molecular complexity index is 983. The zero-order valence-corrected chi connectivity index (χ0v) is 19.9. The summed E-state index contributed by atoms with van der Waals surface area (Å²) in [5.41, 5.74) is 1.07. The zero-order valence-electron chi connectivity index (χ0n) is 19.9. The van der Waals surface area contributed by atoms with E-state index in [1.807, 2.05) is 6.07 Å². The maximum Gasteiger partial charge on any atom is 0.490 e. The van der Waals surface area contributed by atoms with E-state index in [4.69, 9.17) is 19.8 Å². The third-order valence-corrected chi connectivity index (χ3v) is 5.31. The second kappa shape index (κ2) is 13.8. The number of nitrogens with one attached hydrogen (secondary N) is 1. The highest BCUT2D eigenvalue weighted by Crippen LogP contribution is 2.24. The second-order valence-corrected chi connectivity index (χ2v) is 8.09. The molecule has 2 aliphatic heterocycles. The number of piperazine rings is 1. The molecule has 0 radical (unpaired) electrons. The van der Waals surface area contributed by atoms with Crippen molar-refractivity contribution < 1.29 is 46.1 Å². The third-order valence-electron chi connectivity index (χ3n) is 5.31. The summed E-state index contributed by atoms with van der Waals surface area (Å²) in [5, 5.41) is 26.4. The van der Waals surface area contributed by atoms with Gasteiger partial charge in [-0.3, -0.25) is 4.90 Å². The number of hydrogen-bond donors (Lipinski definition) is 3. The van der Waals surface area contributed by atoms with Gasteiger partial charge in [-0.15, -0.1) is 5.10 Å². The lowest BCUT2D eigenvalue weighted by Gasteiger charge is -2.31. The van der Waals surface area contributed by atoms with Gasteiger partial charge in [-0.05, 0) is 18.9 Å². The van der Waals surface area contributed by atoms with Gasteiger partial charge in [-0.2, -0.15) is 26.3 Å². The van der Waals surface area contributed by atoms with Gasteiger partial charge in [-0.1, -0.05) is 5.21 Å². The first-order valence-corrected chi connectivity index (χ1v) is 11.2. The normalized spacial score (nSPS) is 17.1. The van der Waals surface area contributed by atoms with E-state index in [2.05, 4.69) is 46.3 Å². The number of aromatic nitrogens is 5. The van der Waals surface area contributed by atoms with Gasteiger partial charge in [-0.25, -0.2) is 24.2 Å². The van der Waals surface area contributed by atoms with Crippen molar-refractivity contribution in [2.45, 2.75) is 37.8 Å². The van der Waals surface area contributed by atoms with Crippen molar-refractivity contribution >= 4 is 17.9 Å². The summed E-state index contributed by atoms with van der Waals surface area (Å²) >= 11 is 0. The lowest BCUT2D eigenvalue weighted by molar-refractivity contribution is -0.193. The number of carboxylic acids is 2. The van der Waals surface area contributed by atoms with Crippen LogP contribution in [0.15, 0.2) is 24.7 Å². The topological polar surface area (TPSA) is 150 Å². The number of nitrogens with zero attached hydrogens (tertiary/aromatic N) is 7. The largest absolute Gasteiger partial charge is 0.490 e. The van der Waals surface area contributed by atoms with Gasteiger partial charge in [0.25, 0.3) is 0 Å². The van der Waals surface area contributed by atoms with Gasteiger partial charge in [0, 0.05) is 58.2 Å². The van der Waals surface area contributed by atoms with Crippen LogP contribution in [0.25, 0.3) is 0 Å². The SMILES string of the molecule is O=C(O)C(F)(F)F.O=C(O)C(F)(F)F.c1cnc(N2CCC(n3cc(CN4CCNCC4)nn3)CC2)nc1. The fourth-order valence-corrected chi connectivity index (χ4v) is 3.45. The van der Waals surface area contributed by atoms with E-state index in [9.17, 15) is 26.3 Å². The molecular formula is C20H26F6N8O4. The summed E-state index contributed by atoms with van der Waals surface area (Å²) in [6, 6.07) is 2.28. The highest BCUT2D eigenvalue weighted by atomic mass is 19.4. The molecule has 2 aromatic rings. The third kappa shape index (κ3) is 10.4. The maximum absolute atomic E-state index is 10.6. The van der Waals surface area contributed by atoms with Gasteiger partial charge in [0.1, 0.15) is 0 Å². The first kappa shape index (κ1) is 30.7. The molecule has 12 nitrogen and oxygen atoms in total. The molecule has 0 amide bonds. The fraction of sp³-hybridized carbons (Fsp3) is 0.600. The minimum absolute atomic E-state index is 0.425. The summed E-state index contributed by atoms with van der Waals surface area (Å²) < 4.78 is 65.5. The molecule has 2 aromatic heterocycles. The molecular weight excluding hydrogens is 530 g/mol. The average molecular weight is 556 g/mol. The number of aliphatic carboxylic acids is 2. The Hall–Kier alpha value is -3.54. The number of piperidine rings is 1.